The Morgan fingerprint density at radius 3 is 2.50 bits per heavy atom. The van der Waals surface area contributed by atoms with Crippen LogP contribution in [-0.4, -0.2) is 46.5 Å². The third-order valence-electron chi connectivity index (χ3n) is 5.94. The van der Waals surface area contributed by atoms with Crippen LogP contribution in [-0.2, 0) is 6.18 Å². The molecule has 7 nitrogen and oxygen atoms in total. The Morgan fingerprint density at radius 2 is 1.81 bits per heavy atom. The van der Waals surface area contributed by atoms with Gasteiger partial charge >= 0.3 is 6.18 Å². The van der Waals surface area contributed by atoms with Gasteiger partial charge in [-0.05, 0) is 49.9 Å². The summed E-state index contributed by atoms with van der Waals surface area (Å²) in [5.74, 6) is 1.08. The van der Waals surface area contributed by atoms with Crippen molar-refractivity contribution in [3.63, 3.8) is 0 Å². The van der Waals surface area contributed by atoms with Gasteiger partial charge in [0.1, 0.15) is 23.0 Å². The lowest BCUT2D eigenvalue weighted by Crippen LogP contribution is -2.43. The number of hydrogen-bond acceptors (Lipinski definition) is 5. The molecule has 3 aromatic rings. The summed E-state index contributed by atoms with van der Waals surface area (Å²) in [7, 11) is 3.63. The molecule has 0 spiro atoms. The smallest absolute Gasteiger partial charge is 0.373 e. The van der Waals surface area contributed by atoms with E-state index in [1.54, 1.807) is 43.4 Å². The number of anilines is 2. The van der Waals surface area contributed by atoms with Crippen LogP contribution in [0.3, 0.4) is 0 Å². The van der Waals surface area contributed by atoms with Crippen molar-refractivity contribution in [3.05, 3.63) is 54.0 Å². The Kier molecular flexibility index (Phi) is 5.94. The number of imidazole rings is 1. The molecule has 0 bridgehead atoms. The van der Waals surface area contributed by atoms with Gasteiger partial charge in [-0.3, -0.25) is 9.20 Å². The van der Waals surface area contributed by atoms with Crippen molar-refractivity contribution in [2.45, 2.75) is 43.9 Å². The SMILES string of the molecule is CNc1cccc(C(=O)NC2CCC(N(C)c3cccc4nc(C(F)(F)F)cn34)CC2)n1. The molecule has 0 saturated heterocycles. The number of aromatic nitrogens is 3. The molecule has 1 aliphatic rings. The number of nitrogens with zero attached hydrogens (tertiary/aromatic N) is 4. The number of carbonyl (C=O) groups excluding carboxylic acids is 1. The number of nitrogens with one attached hydrogen (secondary N) is 2. The normalized spacial score (nSPS) is 19.0. The first-order valence-corrected chi connectivity index (χ1v) is 10.5. The molecule has 2 N–H and O–H groups in total. The number of halogens is 3. The molecule has 4 rings (SSSR count). The van der Waals surface area contributed by atoms with E-state index in [-0.39, 0.29) is 23.6 Å². The highest BCUT2D eigenvalue weighted by Gasteiger charge is 2.34. The highest BCUT2D eigenvalue weighted by Crippen LogP contribution is 2.31. The molecular weight excluding hydrogens is 421 g/mol. The molecule has 1 amide bonds. The minimum atomic E-state index is -4.49. The molecule has 0 unspecified atom stereocenters. The fourth-order valence-electron chi connectivity index (χ4n) is 4.17. The van der Waals surface area contributed by atoms with Crippen LogP contribution in [0.5, 0.6) is 0 Å². The van der Waals surface area contributed by atoms with E-state index in [2.05, 4.69) is 20.6 Å². The van der Waals surface area contributed by atoms with Gasteiger partial charge in [0.05, 0.1) is 0 Å². The maximum absolute atomic E-state index is 13.1. The van der Waals surface area contributed by atoms with Crippen molar-refractivity contribution in [2.75, 3.05) is 24.3 Å². The number of amides is 1. The zero-order chi connectivity index (χ0) is 22.9. The summed E-state index contributed by atoms with van der Waals surface area (Å²) in [5.41, 5.74) is -0.275. The maximum atomic E-state index is 13.1. The molecule has 1 aliphatic carbocycles. The molecule has 10 heteroatoms. The molecule has 0 atom stereocenters. The maximum Gasteiger partial charge on any atom is 0.434 e. The standard InChI is InChI=1S/C22H25F3N6O/c1-26-18-6-3-5-16(28-18)21(32)27-14-9-11-15(12-10-14)30(2)20-8-4-7-19-29-17(13-31(19)20)22(23,24)25/h3-8,13-15H,9-12H2,1-2H3,(H,26,28)(H,27,32). The second kappa shape index (κ2) is 8.68. The Bertz CT molecular complexity index is 1100. The largest absolute Gasteiger partial charge is 0.434 e. The van der Waals surface area contributed by atoms with E-state index >= 15 is 0 Å². The van der Waals surface area contributed by atoms with Crippen LogP contribution < -0.4 is 15.5 Å². The average Bonchev–Trinajstić information content (AvgIpc) is 3.24. The lowest BCUT2D eigenvalue weighted by molar-refractivity contribution is -0.140. The molecule has 3 heterocycles. The Labute approximate surface area is 183 Å². The van der Waals surface area contributed by atoms with Crippen LogP contribution in [0, 0.1) is 0 Å². The fraction of sp³-hybridized carbons (Fsp3) is 0.409. The lowest BCUT2D eigenvalue weighted by Gasteiger charge is -2.36. The molecule has 3 aromatic heterocycles. The molecule has 32 heavy (non-hydrogen) atoms. The predicted molar refractivity (Wildman–Crippen MR) is 116 cm³/mol. The van der Waals surface area contributed by atoms with E-state index in [1.807, 2.05) is 11.9 Å². The quantitative estimate of drug-likeness (QED) is 0.621. The third kappa shape index (κ3) is 4.49. The van der Waals surface area contributed by atoms with Crippen molar-refractivity contribution in [1.82, 2.24) is 19.7 Å². The number of pyridine rings is 2. The molecule has 0 aromatic carbocycles. The second-order valence-corrected chi connectivity index (χ2v) is 7.98. The fourth-order valence-corrected chi connectivity index (χ4v) is 4.17. The zero-order valence-corrected chi connectivity index (χ0v) is 17.9. The van der Waals surface area contributed by atoms with Crippen molar-refractivity contribution >= 4 is 23.2 Å². The number of hydrogen-bond donors (Lipinski definition) is 2. The number of carbonyl (C=O) groups is 1. The van der Waals surface area contributed by atoms with Crippen molar-refractivity contribution in [3.8, 4) is 0 Å². The van der Waals surface area contributed by atoms with Crippen molar-refractivity contribution in [2.24, 2.45) is 0 Å². The van der Waals surface area contributed by atoms with Crippen LogP contribution in [0.1, 0.15) is 41.9 Å². The van der Waals surface area contributed by atoms with Gasteiger partial charge in [0.2, 0.25) is 0 Å². The van der Waals surface area contributed by atoms with Crippen LogP contribution >= 0.6 is 0 Å². The monoisotopic (exact) mass is 446 g/mol. The van der Waals surface area contributed by atoms with Gasteiger partial charge < -0.3 is 15.5 Å². The van der Waals surface area contributed by atoms with Crippen molar-refractivity contribution in [1.29, 1.82) is 0 Å². The lowest BCUT2D eigenvalue weighted by atomic mass is 9.90. The Morgan fingerprint density at radius 1 is 1.09 bits per heavy atom. The zero-order valence-electron chi connectivity index (χ0n) is 17.9. The summed E-state index contributed by atoms with van der Waals surface area (Å²) in [6, 6.07) is 10.5. The highest BCUT2D eigenvalue weighted by molar-refractivity contribution is 5.92. The minimum absolute atomic E-state index is 0.0352. The van der Waals surface area contributed by atoms with Gasteiger partial charge in [-0.2, -0.15) is 13.2 Å². The first-order valence-electron chi connectivity index (χ1n) is 10.5. The van der Waals surface area contributed by atoms with Gasteiger partial charge in [-0.15, -0.1) is 0 Å². The predicted octanol–water partition coefficient (Wildman–Crippen LogP) is 3.97. The van der Waals surface area contributed by atoms with E-state index in [0.29, 0.717) is 17.3 Å². The number of fused-ring (bicyclic) bond motifs is 1. The summed E-state index contributed by atoms with van der Waals surface area (Å²) in [6.07, 6.45) is -0.273. The third-order valence-corrected chi connectivity index (χ3v) is 5.94. The van der Waals surface area contributed by atoms with E-state index in [4.69, 9.17) is 0 Å². The molecular formula is C22H25F3N6O. The van der Waals surface area contributed by atoms with E-state index in [9.17, 15) is 18.0 Å². The van der Waals surface area contributed by atoms with Gasteiger partial charge in [-0.25, -0.2) is 9.97 Å². The van der Waals surface area contributed by atoms with Gasteiger partial charge in [0.25, 0.3) is 5.91 Å². The summed E-state index contributed by atoms with van der Waals surface area (Å²) in [5, 5.41) is 5.96. The summed E-state index contributed by atoms with van der Waals surface area (Å²) < 4.78 is 40.8. The second-order valence-electron chi connectivity index (χ2n) is 7.98. The highest BCUT2D eigenvalue weighted by atomic mass is 19.4. The van der Waals surface area contributed by atoms with Crippen molar-refractivity contribution < 1.29 is 18.0 Å². The number of rotatable bonds is 5. The van der Waals surface area contributed by atoms with Crippen LogP contribution in [0.25, 0.3) is 5.65 Å². The molecule has 1 fully saturated rings. The van der Waals surface area contributed by atoms with Crippen LogP contribution in [0.15, 0.2) is 42.6 Å². The van der Waals surface area contributed by atoms with Gasteiger partial charge in [-0.1, -0.05) is 12.1 Å². The van der Waals surface area contributed by atoms with E-state index in [1.165, 1.54) is 4.40 Å². The first kappa shape index (κ1) is 21.9. The number of alkyl halides is 3. The van der Waals surface area contributed by atoms with Gasteiger partial charge in [0.15, 0.2) is 5.69 Å². The topological polar surface area (TPSA) is 74.6 Å². The van der Waals surface area contributed by atoms with E-state index < -0.39 is 11.9 Å². The van der Waals surface area contributed by atoms with Gasteiger partial charge in [0, 0.05) is 32.4 Å². The molecule has 0 radical (unpaired) electrons. The Balaban J connectivity index is 1.41. The first-order chi connectivity index (χ1) is 15.3. The average molecular weight is 446 g/mol. The summed E-state index contributed by atoms with van der Waals surface area (Å²) in [4.78, 5) is 22.5. The molecule has 0 aliphatic heterocycles. The molecule has 1 saturated carbocycles. The van der Waals surface area contributed by atoms with Crippen LogP contribution in [0.2, 0.25) is 0 Å². The minimum Gasteiger partial charge on any atom is -0.373 e. The summed E-state index contributed by atoms with van der Waals surface area (Å²) >= 11 is 0. The molecule has 170 valence electrons. The Hall–Kier alpha value is -3.30. The van der Waals surface area contributed by atoms with E-state index in [0.717, 1.165) is 31.9 Å². The van der Waals surface area contributed by atoms with Crippen LogP contribution in [0.4, 0.5) is 24.8 Å². The summed E-state index contributed by atoms with van der Waals surface area (Å²) in [6.45, 7) is 0.